The predicted molar refractivity (Wildman–Crippen MR) is 103 cm³/mol. The lowest BCUT2D eigenvalue weighted by molar-refractivity contribution is 0.0185. The first-order valence-electron chi connectivity index (χ1n) is 9.81. The molecule has 0 radical (unpaired) electrons. The molecule has 0 aliphatic carbocycles. The van der Waals surface area contributed by atoms with Gasteiger partial charge in [-0.3, -0.25) is 4.90 Å². The van der Waals surface area contributed by atoms with E-state index in [9.17, 15) is 8.78 Å². The first kappa shape index (κ1) is 19.3. The van der Waals surface area contributed by atoms with Gasteiger partial charge in [-0.25, -0.2) is 8.78 Å². The number of piperazine rings is 1. The van der Waals surface area contributed by atoms with Crippen molar-refractivity contribution in [2.24, 2.45) is 0 Å². The second-order valence-corrected chi connectivity index (χ2v) is 7.69. The third kappa shape index (κ3) is 3.90. The fourth-order valence-corrected chi connectivity index (χ4v) is 4.13. The fraction of sp³-hybridized carbons (Fsp3) is 0.455. The minimum atomic E-state index is -0.537. The molecule has 4 nitrogen and oxygen atoms in total. The first-order chi connectivity index (χ1) is 13.5. The molecule has 2 aromatic carbocycles. The zero-order valence-electron chi connectivity index (χ0n) is 16.3. The molecule has 1 fully saturated rings. The van der Waals surface area contributed by atoms with Crippen molar-refractivity contribution in [1.82, 2.24) is 10.2 Å². The highest BCUT2D eigenvalue weighted by Crippen LogP contribution is 2.35. The number of benzene rings is 2. The van der Waals surface area contributed by atoms with Gasteiger partial charge in [0.15, 0.2) is 0 Å². The molecule has 2 atom stereocenters. The SMILES string of the molecule is CC(C)Oc1ccccc1C1CN(C2COCc3c(F)cc(F)cc32)CCN1. The number of hydrogen-bond acceptors (Lipinski definition) is 4. The van der Waals surface area contributed by atoms with Crippen molar-refractivity contribution >= 4 is 0 Å². The Morgan fingerprint density at radius 3 is 2.82 bits per heavy atom. The van der Waals surface area contributed by atoms with Gasteiger partial charge in [-0.15, -0.1) is 0 Å². The standard InChI is InChI=1S/C22H26F2N2O2/c1-14(2)28-22-6-4-3-5-16(22)20-11-26(8-7-25-20)21-13-27-12-18-17(21)9-15(23)10-19(18)24/h3-6,9-10,14,20-21,25H,7-8,11-13H2,1-2H3. The van der Waals surface area contributed by atoms with E-state index in [1.54, 1.807) is 0 Å². The number of fused-ring (bicyclic) bond motifs is 1. The number of hydrogen-bond donors (Lipinski definition) is 1. The Balaban J connectivity index is 1.60. The molecule has 0 bridgehead atoms. The molecule has 28 heavy (non-hydrogen) atoms. The van der Waals surface area contributed by atoms with Crippen LogP contribution in [0.1, 0.15) is 42.6 Å². The van der Waals surface area contributed by atoms with Crippen molar-refractivity contribution in [2.45, 2.75) is 38.6 Å². The van der Waals surface area contributed by atoms with Gasteiger partial charge in [-0.05, 0) is 31.5 Å². The van der Waals surface area contributed by atoms with Crippen LogP contribution in [0.25, 0.3) is 0 Å². The topological polar surface area (TPSA) is 33.7 Å². The molecule has 2 unspecified atom stereocenters. The van der Waals surface area contributed by atoms with Crippen molar-refractivity contribution in [2.75, 3.05) is 26.2 Å². The van der Waals surface area contributed by atoms with E-state index in [4.69, 9.17) is 9.47 Å². The lowest BCUT2D eigenvalue weighted by Gasteiger charge is -2.41. The number of nitrogens with zero attached hydrogens (tertiary/aromatic N) is 1. The Morgan fingerprint density at radius 1 is 1.18 bits per heavy atom. The van der Waals surface area contributed by atoms with Crippen molar-refractivity contribution in [3.63, 3.8) is 0 Å². The van der Waals surface area contributed by atoms with E-state index in [2.05, 4.69) is 16.3 Å². The van der Waals surface area contributed by atoms with Crippen molar-refractivity contribution < 1.29 is 18.3 Å². The van der Waals surface area contributed by atoms with Crippen molar-refractivity contribution in [3.05, 3.63) is 64.7 Å². The molecule has 0 spiro atoms. The smallest absolute Gasteiger partial charge is 0.131 e. The van der Waals surface area contributed by atoms with Crippen LogP contribution in [0.4, 0.5) is 8.78 Å². The summed E-state index contributed by atoms with van der Waals surface area (Å²) in [4.78, 5) is 2.25. The van der Waals surface area contributed by atoms with E-state index >= 15 is 0 Å². The summed E-state index contributed by atoms with van der Waals surface area (Å²) in [5, 5.41) is 3.55. The molecule has 6 heteroatoms. The maximum absolute atomic E-state index is 14.2. The Labute approximate surface area is 164 Å². The van der Waals surface area contributed by atoms with Crippen molar-refractivity contribution in [1.29, 1.82) is 0 Å². The molecule has 2 heterocycles. The molecule has 0 amide bonds. The summed E-state index contributed by atoms with van der Waals surface area (Å²) in [6.07, 6.45) is 0.0883. The number of para-hydroxylation sites is 1. The van der Waals surface area contributed by atoms with Gasteiger partial charge in [0.05, 0.1) is 25.4 Å². The van der Waals surface area contributed by atoms with Gasteiger partial charge in [0.25, 0.3) is 0 Å². The number of rotatable bonds is 4. The number of halogens is 2. The molecular weight excluding hydrogens is 362 g/mol. The highest BCUT2D eigenvalue weighted by atomic mass is 19.1. The quantitative estimate of drug-likeness (QED) is 0.859. The van der Waals surface area contributed by atoms with Gasteiger partial charge in [-0.2, -0.15) is 0 Å². The molecule has 1 saturated heterocycles. The van der Waals surface area contributed by atoms with E-state index in [-0.39, 0.29) is 24.8 Å². The largest absolute Gasteiger partial charge is 0.491 e. The summed E-state index contributed by atoms with van der Waals surface area (Å²) in [7, 11) is 0. The summed E-state index contributed by atoms with van der Waals surface area (Å²) in [6, 6.07) is 10.3. The molecule has 2 aliphatic heterocycles. The summed E-state index contributed by atoms with van der Waals surface area (Å²) < 4.78 is 39.7. The van der Waals surface area contributed by atoms with Crippen LogP contribution in [0.15, 0.2) is 36.4 Å². The van der Waals surface area contributed by atoms with E-state index in [0.717, 1.165) is 30.5 Å². The monoisotopic (exact) mass is 388 g/mol. The minimum Gasteiger partial charge on any atom is -0.491 e. The molecular formula is C22H26F2N2O2. The maximum Gasteiger partial charge on any atom is 0.131 e. The molecule has 0 saturated carbocycles. The predicted octanol–water partition coefficient (Wildman–Crippen LogP) is 3.97. The van der Waals surface area contributed by atoms with Crippen LogP contribution in [0.2, 0.25) is 0 Å². The summed E-state index contributed by atoms with van der Waals surface area (Å²) in [6.45, 7) is 6.93. The highest BCUT2D eigenvalue weighted by Gasteiger charge is 2.33. The minimum absolute atomic E-state index is 0.0764. The summed E-state index contributed by atoms with van der Waals surface area (Å²) in [5.41, 5.74) is 2.27. The zero-order valence-corrected chi connectivity index (χ0v) is 16.3. The second-order valence-electron chi connectivity index (χ2n) is 7.69. The third-order valence-electron chi connectivity index (χ3n) is 5.38. The number of nitrogens with one attached hydrogen (secondary N) is 1. The molecule has 0 aromatic heterocycles. The molecule has 150 valence electrons. The lowest BCUT2D eigenvalue weighted by Crippen LogP contribution is -2.49. The highest BCUT2D eigenvalue weighted by molar-refractivity contribution is 5.37. The normalized spacial score (nSPS) is 22.9. The van der Waals surface area contributed by atoms with Gasteiger partial charge in [0.1, 0.15) is 17.4 Å². The second kappa shape index (κ2) is 8.15. The van der Waals surface area contributed by atoms with Crippen LogP contribution >= 0.6 is 0 Å². The van der Waals surface area contributed by atoms with Crippen LogP contribution in [0.3, 0.4) is 0 Å². The van der Waals surface area contributed by atoms with Crippen molar-refractivity contribution in [3.8, 4) is 5.75 Å². The molecule has 2 aliphatic rings. The van der Waals surface area contributed by atoms with Gasteiger partial charge in [-0.1, -0.05) is 18.2 Å². The van der Waals surface area contributed by atoms with Crippen LogP contribution in [-0.2, 0) is 11.3 Å². The van der Waals surface area contributed by atoms with Gasteiger partial charge < -0.3 is 14.8 Å². The average molecular weight is 388 g/mol. The molecule has 1 N–H and O–H groups in total. The average Bonchev–Trinajstić information content (AvgIpc) is 2.67. The lowest BCUT2D eigenvalue weighted by atomic mass is 9.95. The Kier molecular flexibility index (Phi) is 5.62. The fourth-order valence-electron chi connectivity index (χ4n) is 4.13. The Hall–Kier alpha value is -2.02. The van der Waals surface area contributed by atoms with E-state index in [1.807, 2.05) is 32.0 Å². The Bertz CT molecular complexity index is 843. The van der Waals surface area contributed by atoms with E-state index in [0.29, 0.717) is 24.3 Å². The van der Waals surface area contributed by atoms with Crippen LogP contribution in [0.5, 0.6) is 5.75 Å². The molecule has 4 rings (SSSR count). The molecule has 2 aromatic rings. The summed E-state index contributed by atoms with van der Waals surface area (Å²) in [5.74, 6) is -0.193. The van der Waals surface area contributed by atoms with Gasteiger partial charge >= 0.3 is 0 Å². The number of ether oxygens (including phenoxy) is 2. The van der Waals surface area contributed by atoms with Gasteiger partial charge in [0.2, 0.25) is 0 Å². The van der Waals surface area contributed by atoms with Crippen LogP contribution in [-0.4, -0.2) is 37.2 Å². The zero-order chi connectivity index (χ0) is 19.7. The third-order valence-corrected chi connectivity index (χ3v) is 5.38. The van der Waals surface area contributed by atoms with E-state index < -0.39 is 11.6 Å². The van der Waals surface area contributed by atoms with E-state index in [1.165, 1.54) is 6.07 Å². The Morgan fingerprint density at radius 2 is 2.00 bits per heavy atom. The maximum atomic E-state index is 14.2. The summed E-state index contributed by atoms with van der Waals surface area (Å²) >= 11 is 0. The van der Waals surface area contributed by atoms with Crippen LogP contribution < -0.4 is 10.1 Å². The van der Waals surface area contributed by atoms with Gasteiger partial charge in [0, 0.05) is 42.9 Å². The van der Waals surface area contributed by atoms with Crippen LogP contribution in [0, 0.1) is 11.6 Å². The first-order valence-corrected chi connectivity index (χ1v) is 9.81.